The SMILES string of the molecule is Cn1c(-c2ccc(Cl)cc2)nc(NNc2ccccc2)nc1=O. The van der Waals surface area contributed by atoms with E-state index in [4.69, 9.17) is 11.6 Å². The predicted octanol–water partition coefficient (Wildman–Crippen LogP) is 2.93. The van der Waals surface area contributed by atoms with Crippen molar-refractivity contribution in [2.75, 3.05) is 10.9 Å². The fourth-order valence-corrected chi connectivity index (χ4v) is 2.15. The molecule has 0 aliphatic rings. The second-order valence-electron chi connectivity index (χ2n) is 4.84. The van der Waals surface area contributed by atoms with Gasteiger partial charge in [-0.2, -0.15) is 9.97 Å². The molecule has 7 heteroatoms. The van der Waals surface area contributed by atoms with Crippen molar-refractivity contribution in [3.63, 3.8) is 0 Å². The molecule has 1 aromatic heterocycles. The van der Waals surface area contributed by atoms with Crippen molar-refractivity contribution in [1.29, 1.82) is 0 Å². The molecular weight excluding hydrogens is 314 g/mol. The third-order valence-electron chi connectivity index (χ3n) is 3.21. The van der Waals surface area contributed by atoms with Gasteiger partial charge in [-0.05, 0) is 36.4 Å². The molecule has 23 heavy (non-hydrogen) atoms. The quantitative estimate of drug-likeness (QED) is 0.721. The molecule has 0 bridgehead atoms. The Morgan fingerprint density at radius 1 is 0.957 bits per heavy atom. The summed E-state index contributed by atoms with van der Waals surface area (Å²) in [5.41, 5.74) is 7.00. The highest BCUT2D eigenvalue weighted by atomic mass is 35.5. The standard InChI is InChI=1S/C16H14ClN5O/c1-22-14(11-7-9-12(17)10-8-11)18-15(19-16(22)23)21-20-13-5-3-2-4-6-13/h2-10,20H,1H3,(H,19,21,23). The minimum absolute atomic E-state index is 0.196. The van der Waals surface area contributed by atoms with Crippen LogP contribution in [0.1, 0.15) is 0 Å². The predicted molar refractivity (Wildman–Crippen MR) is 91.4 cm³/mol. The maximum Gasteiger partial charge on any atom is 0.352 e. The van der Waals surface area contributed by atoms with Crippen LogP contribution in [-0.2, 0) is 7.05 Å². The van der Waals surface area contributed by atoms with Crippen molar-refractivity contribution >= 4 is 23.2 Å². The van der Waals surface area contributed by atoms with Crippen LogP contribution in [0.15, 0.2) is 59.4 Å². The lowest BCUT2D eigenvalue weighted by Crippen LogP contribution is -2.26. The first-order valence-electron chi connectivity index (χ1n) is 6.91. The fraction of sp³-hybridized carbons (Fsp3) is 0.0625. The van der Waals surface area contributed by atoms with Crippen LogP contribution in [-0.4, -0.2) is 14.5 Å². The Labute approximate surface area is 137 Å². The molecule has 3 rings (SSSR count). The highest BCUT2D eigenvalue weighted by Crippen LogP contribution is 2.19. The minimum Gasteiger partial charge on any atom is -0.298 e. The van der Waals surface area contributed by atoms with E-state index in [1.165, 1.54) is 4.57 Å². The van der Waals surface area contributed by atoms with Crippen molar-refractivity contribution in [3.05, 3.63) is 70.1 Å². The summed E-state index contributed by atoms with van der Waals surface area (Å²) < 4.78 is 1.39. The Balaban J connectivity index is 1.90. The Morgan fingerprint density at radius 2 is 1.65 bits per heavy atom. The number of nitrogens with zero attached hydrogens (tertiary/aromatic N) is 3. The Bertz CT molecular complexity index is 862. The molecule has 0 unspecified atom stereocenters. The van der Waals surface area contributed by atoms with E-state index in [0.29, 0.717) is 10.8 Å². The summed E-state index contributed by atoms with van der Waals surface area (Å²) in [6.45, 7) is 0. The molecule has 0 amide bonds. The number of hydrogen-bond donors (Lipinski definition) is 2. The van der Waals surface area contributed by atoms with E-state index in [2.05, 4.69) is 20.8 Å². The van der Waals surface area contributed by atoms with Gasteiger partial charge in [0.1, 0.15) is 5.82 Å². The van der Waals surface area contributed by atoms with Gasteiger partial charge in [0.2, 0.25) is 5.95 Å². The van der Waals surface area contributed by atoms with Gasteiger partial charge in [-0.3, -0.25) is 15.4 Å². The number of rotatable bonds is 4. The van der Waals surface area contributed by atoms with Crippen LogP contribution in [0.3, 0.4) is 0 Å². The zero-order valence-electron chi connectivity index (χ0n) is 12.3. The number of hydrogen-bond acceptors (Lipinski definition) is 5. The smallest absolute Gasteiger partial charge is 0.298 e. The second kappa shape index (κ2) is 6.50. The van der Waals surface area contributed by atoms with Crippen LogP contribution in [0.2, 0.25) is 5.02 Å². The summed E-state index contributed by atoms with van der Waals surface area (Å²) in [7, 11) is 1.63. The van der Waals surface area contributed by atoms with Gasteiger partial charge in [0, 0.05) is 17.6 Å². The van der Waals surface area contributed by atoms with Crippen molar-refractivity contribution in [1.82, 2.24) is 14.5 Å². The number of para-hydroxylation sites is 1. The van der Waals surface area contributed by atoms with Gasteiger partial charge in [-0.15, -0.1) is 0 Å². The maximum atomic E-state index is 12.0. The first kappa shape index (κ1) is 15.1. The zero-order chi connectivity index (χ0) is 16.2. The summed E-state index contributed by atoms with van der Waals surface area (Å²) in [5.74, 6) is 0.695. The van der Waals surface area contributed by atoms with Crippen molar-refractivity contribution in [2.45, 2.75) is 0 Å². The number of halogens is 1. The van der Waals surface area contributed by atoms with Crippen LogP contribution in [0.5, 0.6) is 0 Å². The van der Waals surface area contributed by atoms with Gasteiger partial charge < -0.3 is 0 Å². The lowest BCUT2D eigenvalue weighted by molar-refractivity contribution is 0.786. The monoisotopic (exact) mass is 327 g/mol. The molecule has 0 spiro atoms. The van der Waals surface area contributed by atoms with Crippen LogP contribution < -0.4 is 16.5 Å². The Kier molecular flexibility index (Phi) is 4.25. The minimum atomic E-state index is -0.401. The molecule has 6 nitrogen and oxygen atoms in total. The molecular formula is C16H14ClN5O. The molecule has 2 N–H and O–H groups in total. The van der Waals surface area contributed by atoms with Gasteiger partial charge >= 0.3 is 5.69 Å². The van der Waals surface area contributed by atoms with E-state index in [1.54, 1.807) is 31.3 Å². The molecule has 0 aliphatic heterocycles. The molecule has 0 atom stereocenters. The van der Waals surface area contributed by atoms with Crippen molar-refractivity contribution in [3.8, 4) is 11.4 Å². The van der Waals surface area contributed by atoms with E-state index < -0.39 is 5.69 Å². The molecule has 0 saturated heterocycles. The summed E-state index contributed by atoms with van der Waals surface area (Å²) in [5, 5.41) is 0.622. The molecule has 0 saturated carbocycles. The van der Waals surface area contributed by atoms with Crippen LogP contribution in [0, 0.1) is 0 Å². The first-order valence-corrected chi connectivity index (χ1v) is 7.29. The summed E-state index contributed by atoms with van der Waals surface area (Å²) in [6, 6.07) is 16.6. The highest BCUT2D eigenvalue weighted by Gasteiger charge is 2.09. The average Bonchev–Trinajstić information content (AvgIpc) is 2.57. The van der Waals surface area contributed by atoms with Gasteiger partial charge in [0.15, 0.2) is 0 Å². The molecule has 116 valence electrons. The largest absolute Gasteiger partial charge is 0.352 e. The van der Waals surface area contributed by atoms with E-state index in [9.17, 15) is 4.79 Å². The van der Waals surface area contributed by atoms with Crippen molar-refractivity contribution < 1.29 is 0 Å². The number of aromatic nitrogens is 3. The summed E-state index contributed by atoms with van der Waals surface area (Å²) in [6.07, 6.45) is 0. The molecule has 0 fully saturated rings. The normalized spacial score (nSPS) is 10.3. The van der Waals surface area contributed by atoms with Gasteiger partial charge in [0.05, 0.1) is 5.69 Å². The van der Waals surface area contributed by atoms with Crippen LogP contribution >= 0.6 is 11.6 Å². The number of benzene rings is 2. The highest BCUT2D eigenvalue weighted by molar-refractivity contribution is 6.30. The summed E-state index contributed by atoms with van der Waals surface area (Å²) >= 11 is 5.90. The fourth-order valence-electron chi connectivity index (χ4n) is 2.02. The number of hydrazine groups is 1. The van der Waals surface area contributed by atoms with Crippen LogP contribution in [0.25, 0.3) is 11.4 Å². The van der Waals surface area contributed by atoms with Gasteiger partial charge in [-0.1, -0.05) is 29.8 Å². The van der Waals surface area contributed by atoms with E-state index in [-0.39, 0.29) is 5.95 Å². The number of anilines is 2. The molecule has 1 heterocycles. The van der Waals surface area contributed by atoms with E-state index in [1.807, 2.05) is 30.3 Å². The lowest BCUT2D eigenvalue weighted by Gasteiger charge is -2.11. The molecule has 2 aromatic carbocycles. The van der Waals surface area contributed by atoms with Gasteiger partial charge in [0.25, 0.3) is 0 Å². The molecule has 3 aromatic rings. The Hall–Kier alpha value is -2.86. The maximum absolute atomic E-state index is 12.0. The second-order valence-corrected chi connectivity index (χ2v) is 5.27. The first-order chi connectivity index (χ1) is 11.1. The molecule has 0 aliphatic carbocycles. The lowest BCUT2D eigenvalue weighted by atomic mass is 10.2. The third-order valence-corrected chi connectivity index (χ3v) is 3.46. The molecule has 0 radical (unpaired) electrons. The van der Waals surface area contributed by atoms with Crippen LogP contribution in [0.4, 0.5) is 11.6 Å². The Morgan fingerprint density at radius 3 is 2.35 bits per heavy atom. The van der Waals surface area contributed by atoms with Gasteiger partial charge in [-0.25, -0.2) is 4.79 Å². The van der Waals surface area contributed by atoms with E-state index in [0.717, 1.165) is 11.3 Å². The van der Waals surface area contributed by atoms with E-state index >= 15 is 0 Å². The summed E-state index contributed by atoms with van der Waals surface area (Å²) in [4.78, 5) is 20.3. The zero-order valence-corrected chi connectivity index (χ0v) is 13.1. The third kappa shape index (κ3) is 3.49. The number of nitrogens with one attached hydrogen (secondary N) is 2. The average molecular weight is 328 g/mol. The van der Waals surface area contributed by atoms with Crippen molar-refractivity contribution in [2.24, 2.45) is 7.05 Å². The topological polar surface area (TPSA) is 71.8 Å².